The van der Waals surface area contributed by atoms with Crippen LogP contribution in [-0.4, -0.2) is 27.2 Å². The van der Waals surface area contributed by atoms with Crippen molar-refractivity contribution in [2.24, 2.45) is 0 Å². The number of aromatic nitrogens is 3. The van der Waals surface area contributed by atoms with Crippen LogP contribution in [0.1, 0.15) is 44.2 Å². The van der Waals surface area contributed by atoms with Crippen molar-refractivity contribution in [3.8, 4) is 0 Å². The summed E-state index contributed by atoms with van der Waals surface area (Å²) in [6, 6.07) is 3.38. The van der Waals surface area contributed by atoms with Crippen molar-refractivity contribution in [3.63, 3.8) is 0 Å². The standard InChI is InChI=1S/C17H20F2N4O/c1-12(23-11-20-10-22-23)16(24)21-9-17(7-2-3-8-17)15-13(18)5-4-6-14(15)19/h4-6,10-12H,2-3,7-9H2,1H3,(H,21,24)/t12-/m1/s1. The Morgan fingerprint density at radius 2 is 2.00 bits per heavy atom. The van der Waals surface area contributed by atoms with Gasteiger partial charge in [0, 0.05) is 17.5 Å². The summed E-state index contributed by atoms with van der Waals surface area (Å²) in [5.41, 5.74) is -0.594. The highest BCUT2D eigenvalue weighted by Crippen LogP contribution is 2.42. The molecule has 0 aliphatic heterocycles. The van der Waals surface area contributed by atoms with E-state index in [1.807, 2.05) is 0 Å². The summed E-state index contributed by atoms with van der Waals surface area (Å²) >= 11 is 0. The van der Waals surface area contributed by atoms with Crippen LogP contribution in [0.3, 0.4) is 0 Å². The summed E-state index contributed by atoms with van der Waals surface area (Å²) in [6.45, 7) is 1.91. The molecule has 1 fully saturated rings. The Morgan fingerprint density at radius 1 is 1.33 bits per heavy atom. The monoisotopic (exact) mass is 334 g/mol. The van der Waals surface area contributed by atoms with Gasteiger partial charge in [-0.25, -0.2) is 18.4 Å². The SMILES string of the molecule is C[C@H](C(=O)NCC1(c2c(F)cccc2F)CCCC1)n1cncn1. The van der Waals surface area contributed by atoms with Crippen LogP contribution in [0.25, 0.3) is 0 Å². The van der Waals surface area contributed by atoms with Crippen LogP contribution in [0.5, 0.6) is 0 Å². The molecule has 1 N–H and O–H groups in total. The predicted octanol–water partition coefficient (Wildman–Crippen LogP) is 2.75. The van der Waals surface area contributed by atoms with Crippen LogP contribution in [0.2, 0.25) is 0 Å². The number of carbonyl (C=O) groups is 1. The largest absolute Gasteiger partial charge is 0.353 e. The Labute approximate surface area is 139 Å². The number of carbonyl (C=O) groups excluding carboxylic acids is 1. The van der Waals surface area contributed by atoms with E-state index >= 15 is 0 Å². The van der Waals surface area contributed by atoms with E-state index in [2.05, 4.69) is 15.4 Å². The van der Waals surface area contributed by atoms with Gasteiger partial charge in [-0.05, 0) is 31.9 Å². The zero-order valence-electron chi connectivity index (χ0n) is 13.5. The van der Waals surface area contributed by atoms with E-state index in [1.165, 1.54) is 35.5 Å². The van der Waals surface area contributed by atoms with Gasteiger partial charge >= 0.3 is 0 Å². The molecule has 128 valence electrons. The molecule has 0 bridgehead atoms. The second-order valence-corrected chi connectivity index (χ2v) is 6.35. The molecule has 0 saturated heterocycles. The summed E-state index contributed by atoms with van der Waals surface area (Å²) in [5.74, 6) is -1.34. The number of nitrogens with one attached hydrogen (secondary N) is 1. The van der Waals surface area contributed by atoms with Crippen LogP contribution in [0.4, 0.5) is 8.78 Å². The van der Waals surface area contributed by atoms with E-state index in [0.717, 1.165) is 12.8 Å². The summed E-state index contributed by atoms with van der Waals surface area (Å²) in [6.07, 6.45) is 5.92. The van der Waals surface area contributed by atoms with E-state index in [-0.39, 0.29) is 18.0 Å². The minimum absolute atomic E-state index is 0.0937. The summed E-state index contributed by atoms with van der Waals surface area (Å²) < 4.78 is 30.0. The van der Waals surface area contributed by atoms with Crippen molar-refractivity contribution in [2.75, 3.05) is 6.54 Å². The number of hydrogen-bond donors (Lipinski definition) is 1. The van der Waals surface area contributed by atoms with Gasteiger partial charge in [-0.2, -0.15) is 5.10 Å². The van der Waals surface area contributed by atoms with Crippen molar-refractivity contribution in [1.82, 2.24) is 20.1 Å². The fourth-order valence-electron chi connectivity index (χ4n) is 3.51. The molecule has 1 aliphatic carbocycles. The first kappa shape index (κ1) is 16.5. The van der Waals surface area contributed by atoms with E-state index in [0.29, 0.717) is 12.8 Å². The van der Waals surface area contributed by atoms with Crippen LogP contribution in [0, 0.1) is 11.6 Å². The smallest absolute Gasteiger partial charge is 0.244 e. The number of halogens is 2. The van der Waals surface area contributed by atoms with Gasteiger partial charge in [0.15, 0.2) is 0 Å². The maximum Gasteiger partial charge on any atom is 0.244 e. The molecule has 3 rings (SSSR count). The maximum absolute atomic E-state index is 14.3. The van der Waals surface area contributed by atoms with Crippen molar-refractivity contribution >= 4 is 5.91 Å². The number of hydrogen-bond acceptors (Lipinski definition) is 3. The van der Waals surface area contributed by atoms with Gasteiger partial charge in [-0.3, -0.25) is 4.79 Å². The highest BCUT2D eigenvalue weighted by Gasteiger charge is 2.40. The van der Waals surface area contributed by atoms with Crippen molar-refractivity contribution < 1.29 is 13.6 Å². The molecule has 1 saturated carbocycles. The molecule has 1 amide bonds. The van der Waals surface area contributed by atoms with Crippen molar-refractivity contribution in [2.45, 2.75) is 44.1 Å². The van der Waals surface area contributed by atoms with Crippen molar-refractivity contribution in [3.05, 3.63) is 48.1 Å². The molecule has 1 atom stereocenters. The van der Waals surface area contributed by atoms with Crippen LogP contribution in [-0.2, 0) is 10.2 Å². The Bertz CT molecular complexity index is 691. The van der Waals surface area contributed by atoms with Gasteiger partial charge in [0.05, 0.1) is 0 Å². The van der Waals surface area contributed by atoms with Crippen LogP contribution < -0.4 is 5.32 Å². The Balaban J connectivity index is 1.79. The van der Waals surface area contributed by atoms with Gasteiger partial charge in [0.2, 0.25) is 5.91 Å². The number of nitrogens with zero attached hydrogens (tertiary/aromatic N) is 3. The summed E-state index contributed by atoms with van der Waals surface area (Å²) in [4.78, 5) is 16.2. The lowest BCUT2D eigenvalue weighted by atomic mass is 9.78. The molecular formula is C17H20F2N4O. The van der Waals surface area contributed by atoms with Gasteiger partial charge < -0.3 is 5.32 Å². The lowest BCUT2D eigenvalue weighted by molar-refractivity contribution is -0.124. The lowest BCUT2D eigenvalue weighted by Crippen LogP contribution is -2.42. The minimum atomic E-state index is -0.687. The quantitative estimate of drug-likeness (QED) is 0.915. The normalized spacial score (nSPS) is 17.6. The molecule has 0 radical (unpaired) electrons. The second-order valence-electron chi connectivity index (χ2n) is 6.35. The second kappa shape index (κ2) is 6.67. The molecule has 5 nitrogen and oxygen atoms in total. The molecule has 1 aromatic heterocycles. The third-order valence-corrected chi connectivity index (χ3v) is 4.87. The molecule has 1 aliphatic rings. The average molecular weight is 334 g/mol. The van der Waals surface area contributed by atoms with E-state index in [9.17, 15) is 13.6 Å². The van der Waals surface area contributed by atoms with E-state index in [4.69, 9.17) is 0 Å². The highest BCUT2D eigenvalue weighted by atomic mass is 19.1. The predicted molar refractivity (Wildman–Crippen MR) is 84.2 cm³/mol. The van der Waals surface area contributed by atoms with Crippen LogP contribution in [0.15, 0.2) is 30.9 Å². The highest BCUT2D eigenvalue weighted by molar-refractivity contribution is 5.79. The first-order valence-electron chi connectivity index (χ1n) is 8.10. The minimum Gasteiger partial charge on any atom is -0.353 e. The molecule has 1 heterocycles. The summed E-state index contributed by atoms with van der Waals surface area (Å²) in [7, 11) is 0. The fraction of sp³-hybridized carbons (Fsp3) is 0.471. The Kier molecular flexibility index (Phi) is 4.59. The molecular weight excluding hydrogens is 314 g/mol. The number of benzene rings is 1. The number of rotatable bonds is 5. The zero-order chi connectivity index (χ0) is 17.2. The van der Waals surface area contributed by atoms with E-state index in [1.54, 1.807) is 6.92 Å². The Hall–Kier alpha value is -2.31. The molecule has 7 heteroatoms. The molecule has 1 aromatic carbocycles. The number of amides is 1. The average Bonchev–Trinajstić information content (AvgIpc) is 3.24. The lowest BCUT2D eigenvalue weighted by Gasteiger charge is -2.31. The topological polar surface area (TPSA) is 59.8 Å². The Morgan fingerprint density at radius 3 is 2.58 bits per heavy atom. The van der Waals surface area contributed by atoms with E-state index < -0.39 is 23.1 Å². The molecule has 0 spiro atoms. The van der Waals surface area contributed by atoms with Gasteiger partial charge in [0.25, 0.3) is 0 Å². The third-order valence-electron chi connectivity index (χ3n) is 4.87. The van der Waals surface area contributed by atoms with Gasteiger partial charge in [-0.1, -0.05) is 18.9 Å². The van der Waals surface area contributed by atoms with Gasteiger partial charge in [0.1, 0.15) is 30.3 Å². The van der Waals surface area contributed by atoms with Crippen molar-refractivity contribution in [1.29, 1.82) is 0 Å². The third kappa shape index (κ3) is 3.02. The summed E-state index contributed by atoms with van der Waals surface area (Å²) in [5, 5.41) is 6.79. The van der Waals surface area contributed by atoms with Gasteiger partial charge in [-0.15, -0.1) is 0 Å². The first-order valence-corrected chi connectivity index (χ1v) is 8.10. The molecule has 2 aromatic rings. The maximum atomic E-state index is 14.3. The molecule has 0 unspecified atom stereocenters. The molecule has 24 heavy (non-hydrogen) atoms. The fourth-order valence-corrected chi connectivity index (χ4v) is 3.51. The first-order chi connectivity index (χ1) is 11.5. The zero-order valence-corrected chi connectivity index (χ0v) is 13.5. The van der Waals surface area contributed by atoms with Crippen LogP contribution >= 0.6 is 0 Å².